The van der Waals surface area contributed by atoms with E-state index < -0.39 is 0 Å². The van der Waals surface area contributed by atoms with Gasteiger partial charge in [-0.2, -0.15) is 0 Å². The van der Waals surface area contributed by atoms with Gasteiger partial charge >= 0.3 is 0 Å². The first-order valence-electron chi connectivity index (χ1n) is 7.30. The van der Waals surface area contributed by atoms with E-state index in [-0.39, 0.29) is 12.1 Å². The van der Waals surface area contributed by atoms with Crippen LogP contribution < -0.4 is 5.32 Å². The summed E-state index contributed by atoms with van der Waals surface area (Å²) in [6.07, 6.45) is 7.07. The van der Waals surface area contributed by atoms with E-state index in [0.717, 1.165) is 45.5 Å². The van der Waals surface area contributed by atoms with Gasteiger partial charge in [0.1, 0.15) is 0 Å². The Balaban J connectivity index is 1.52. The van der Waals surface area contributed by atoms with E-state index >= 15 is 0 Å². The molecule has 2 rings (SSSR count). The van der Waals surface area contributed by atoms with Crippen LogP contribution in [0.5, 0.6) is 0 Å². The Hall–Kier alpha value is -0.160. The second kappa shape index (κ2) is 6.85. The molecule has 0 amide bonds. The molecule has 2 N–H and O–H groups in total. The van der Waals surface area contributed by atoms with E-state index in [0.29, 0.717) is 12.1 Å². The molecule has 0 aromatic carbocycles. The summed E-state index contributed by atoms with van der Waals surface area (Å²) in [5.74, 6) is 0. The molecule has 1 aliphatic heterocycles. The fourth-order valence-corrected chi connectivity index (χ4v) is 2.43. The molecule has 4 heteroatoms. The van der Waals surface area contributed by atoms with Gasteiger partial charge in [0.15, 0.2) is 0 Å². The first-order chi connectivity index (χ1) is 8.72. The molecule has 1 saturated carbocycles. The Morgan fingerprint density at radius 1 is 1.33 bits per heavy atom. The van der Waals surface area contributed by atoms with Crippen LogP contribution in [0.1, 0.15) is 45.4 Å². The minimum absolute atomic E-state index is 0.0996. The second-order valence-electron chi connectivity index (χ2n) is 5.95. The van der Waals surface area contributed by atoms with E-state index in [2.05, 4.69) is 12.2 Å². The zero-order chi connectivity index (χ0) is 12.8. The van der Waals surface area contributed by atoms with Crippen LogP contribution in [0.3, 0.4) is 0 Å². The zero-order valence-corrected chi connectivity index (χ0v) is 11.5. The Kier molecular flexibility index (Phi) is 5.42. The Morgan fingerprint density at radius 3 is 2.78 bits per heavy atom. The first kappa shape index (κ1) is 14.3. The summed E-state index contributed by atoms with van der Waals surface area (Å²) in [5, 5.41) is 13.0. The maximum Gasteiger partial charge on any atom is 0.0830 e. The molecule has 18 heavy (non-hydrogen) atoms. The number of rotatable bonds is 9. The highest BCUT2D eigenvalue weighted by atomic mass is 16.5. The average molecular weight is 257 g/mol. The average Bonchev–Trinajstić information content (AvgIpc) is 3.01. The smallest absolute Gasteiger partial charge is 0.0830 e. The Morgan fingerprint density at radius 2 is 2.17 bits per heavy atom. The molecule has 1 heterocycles. The quantitative estimate of drug-likeness (QED) is 0.614. The summed E-state index contributed by atoms with van der Waals surface area (Å²) in [6.45, 7) is 4.77. The molecule has 106 valence electrons. The van der Waals surface area contributed by atoms with E-state index in [1.807, 2.05) is 0 Å². The van der Waals surface area contributed by atoms with Crippen molar-refractivity contribution in [2.75, 3.05) is 26.4 Å². The molecule has 1 saturated heterocycles. The van der Waals surface area contributed by atoms with Gasteiger partial charge in [-0.05, 0) is 45.4 Å². The predicted molar refractivity (Wildman–Crippen MR) is 70.7 cm³/mol. The fraction of sp³-hybridized carbons (Fsp3) is 1.00. The van der Waals surface area contributed by atoms with Gasteiger partial charge in [0.25, 0.3) is 0 Å². The van der Waals surface area contributed by atoms with Crippen molar-refractivity contribution in [2.45, 2.75) is 63.1 Å². The van der Waals surface area contributed by atoms with Gasteiger partial charge in [0, 0.05) is 24.8 Å². The largest absolute Gasteiger partial charge is 0.394 e. The third-order valence-corrected chi connectivity index (χ3v) is 3.84. The summed E-state index contributed by atoms with van der Waals surface area (Å²) in [6, 6.07) is 0.647. The third-order valence-electron chi connectivity index (χ3n) is 3.84. The minimum atomic E-state index is -0.0996. The number of aliphatic hydroxyl groups is 1. The number of unbranched alkanes of at least 4 members (excludes halogenated alkanes) is 1. The summed E-state index contributed by atoms with van der Waals surface area (Å²) < 4.78 is 11.0. The molecule has 0 bridgehead atoms. The monoisotopic (exact) mass is 257 g/mol. The van der Waals surface area contributed by atoms with Crippen molar-refractivity contribution in [3.05, 3.63) is 0 Å². The summed E-state index contributed by atoms with van der Waals surface area (Å²) >= 11 is 0. The van der Waals surface area contributed by atoms with Crippen molar-refractivity contribution >= 4 is 0 Å². The lowest BCUT2D eigenvalue weighted by Crippen LogP contribution is -2.46. The second-order valence-corrected chi connectivity index (χ2v) is 5.95. The number of nitrogens with one attached hydrogen (secondary N) is 1. The van der Waals surface area contributed by atoms with Gasteiger partial charge in [0.2, 0.25) is 0 Å². The predicted octanol–water partition coefficient (Wildman–Crippen LogP) is 1.47. The van der Waals surface area contributed by atoms with E-state index in [9.17, 15) is 5.11 Å². The molecular weight excluding hydrogens is 230 g/mol. The molecule has 0 aromatic heterocycles. The van der Waals surface area contributed by atoms with Crippen LogP contribution >= 0.6 is 0 Å². The number of hydrogen-bond donors (Lipinski definition) is 2. The fourth-order valence-electron chi connectivity index (χ4n) is 2.43. The maximum atomic E-state index is 9.48. The SMILES string of the molecule is CC(CO)(CCCCOC1CCOC1)NC1CC1. The van der Waals surface area contributed by atoms with Crippen LogP contribution in [0, 0.1) is 0 Å². The molecule has 2 atom stereocenters. The van der Waals surface area contributed by atoms with Gasteiger partial charge in [-0.25, -0.2) is 0 Å². The van der Waals surface area contributed by atoms with Crippen molar-refractivity contribution in [3.63, 3.8) is 0 Å². The van der Waals surface area contributed by atoms with Crippen LogP contribution in [0.25, 0.3) is 0 Å². The summed E-state index contributed by atoms with van der Waals surface area (Å²) in [5.41, 5.74) is -0.0996. The zero-order valence-electron chi connectivity index (χ0n) is 11.5. The van der Waals surface area contributed by atoms with Gasteiger partial charge in [-0.1, -0.05) is 0 Å². The highest BCUT2D eigenvalue weighted by Gasteiger charge is 2.31. The van der Waals surface area contributed by atoms with Crippen LogP contribution in [-0.4, -0.2) is 49.2 Å². The van der Waals surface area contributed by atoms with Gasteiger partial charge in [-0.15, -0.1) is 0 Å². The lowest BCUT2D eigenvalue weighted by molar-refractivity contribution is 0.0392. The molecule has 0 spiro atoms. The topological polar surface area (TPSA) is 50.7 Å². The van der Waals surface area contributed by atoms with Crippen LogP contribution in [-0.2, 0) is 9.47 Å². The van der Waals surface area contributed by atoms with Crippen molar-refractivity contribution in [1.82, 2.24) is 5.32 Å². The van der Waals surface area contributed by atoms with Crippen molar-refractivity contribution < 1.29 is 14.6 Å². The van der Waals surface area contributed by atoms with E-state index in [4.69, 9.17) is 9.47 Å². The third kappa shape index (κ3) is 4.84. The number of aliphatic hydroxyl groups excluding tert-OH is 1. The van der Waals surface area contributed by atoms with E-state index in [1.165, 1.54) is 12.8 Å². The van der Waals surface area contributed by atoms with Gasteiger partial charge in [-0.3, -0.25) is 0 Å². The molecule has 2 aliphatic rings. The minimum Gasteiger partial charge on any atom is -0.394 e. The molecular formula is C14H27NO3. The number of hydrogen-bond acceptors (Lipinski definition) is 4. The summed E-state index contributed by atoms with van der Waals surface area (Å²) in [7, 11) is 0. The van der Waals surface area contributed by atoms with Crippen LogP contribution in [0.15, 0.2) is 0 Å². The van der Waals surface area contributed by atoms with Crippen molar-refractivity contribution in [2.24, 2.45) is 0 Å². The van der Waals surface area contributed by atoms with E-state index in [1.54, 1.807) is 0 Å². The molecule has 0 aromatic rings. The van der Waals surface area contributed by atoms with Gasteiger partial charge < -0.3 is 19.9 Å². The lowest BCUT2D eigenvalue weighted by atomic mass is 9.95. The lowest BCUT2D eigenvalue weighted by Gasteiger charge is -2.29. The van der Waals surface area contributed by atoms with Gasteiger partial charge in [0.05, 0.1) is 19.3 Å². The van der Waals surface area contributed by atoms with Crippen molar-refractivity contribution in [1.29, 1.82) is 0 Å². The van der Waals surface area contributed by atoms with Crippen LogP contribution in [0.2, 0.25) is 0 Å². The Bertz CT molecular complexity index is 239. The highest BCUT2D eigenvalue weighted by molar-refractivity contribution is 4.92. The molecule has 4 nitrogen and oxygen atoms in total. The normalized spacial score (nSPS) is 27.3. The Labute approximate surface area is 110 Å². The number of ether oxygens (including phenoxy) is 2. The molecule has 0 radical (unpaired) electrons. The maximum absolute atomic E-state index is 9.48. The van der Waals surface area contributed by atoms with Crippen LogP contribution in [0.4, 0.5) is 0 Å². The highest BCUT2D eigenvalue weighted by Crippen LogP contribution is 2.25. The molecule has 2 unspecified atom stereocenters. The molecule has 2 fully saturated rings. The summed E-state index contributed by atoms with van der Waals surface area (Å²) in [4.78, 5) is 0. The standard InChI is InChI=1S/C14H27NO3/c1-14(11-16,15-12-4-5-12)7-2-3-8-18-13-6-9-17-10-13/h12-13,15-16H,2-11H2,1H3. The molecule has 1 aliphatic carbocycles. The van der Waals surface area contributed by atoms with Crippen molar-refractivity contribution in [3.8, 4) is 0 Å². The first-order valence-corrected chi connectivity index (χ1v) is 7.30.